The normalized spacial score (nSPS) is 10.7. The molecule has 0 radical (unpaired) electrons. The Morgan fingerprint density at radius 1 is 1.21 bits per heavy atom. The molecule has 0 fully saturated rings. The Balaban J connectivity index is 2.33. The van der Waals surface area contributed by atoms with Gasteiger partial charge in [0.15, 0.2) is 0 Å². The fraction of sp³-hybridized carbons (Fsp3) is 0.500. The zero-order chi connectivity index (χ0) is 14.1. The van der Waals surface area contributed by atoms with Crippen LogP contribution in [0.5, 0.6) is 0 Å². The molecule has 0 atom stereocenters. The molecule has 1 amide bonds. The van der Waals surface area contributed by atoms with Crippen LogP contribution in [0.3, 0.4) is 0 Å². The van der Waals surface area contributed by atoms with E-state index in [1.807, 2.05) is 0 Å². The summed E-state index contributed by atoms with van der Waals surface area (Å²) in [6.07, 6.45) is 1.63. The predicted octanol–water partition coefficient (Wildman–Crippen LogP) is 3.47. The van der Waals surface area contributed by atoms with Gasteiger partial charge in [0.1, 0.15) is 0 Å². The van der Waals surface area contributed by atoms with E-state index in [-0.39, 0.29) is 11.5 Å². The van der Waals surface area contributed by atoms with Gasteiger partial charge in [-0.3, -0.25) is 4.79 Å². The second kappa shape index (κ2) is 8.58. The summed E-state index contributed by atoms with van der Waals surface area (Å²) in [5, 5.41) is 2.63. The predicted molar refractivity (Wildman–Crippen MR) is 72.2 cm³/mol. The summed E-state index contributed by atoms with van der Waals surface area (Å²) in [7, 11) is 0. The summed E-state index contributed by atoms with van der Waals surface area (Å²) < 4.78 is 25.0. The van der Waals surface area contributed by atoms with Crippen molar-refractivity contribution in [3.05, 3.63) is 29.8 Å². The average molecular weight is 270 g/mol. The van der Waals surface area contributed by atoms with E-state index in [0.29, 0.717) is 18.7 Å². The number of carbonyl (C=O) groups excluding carboxylic acids is 1. The number of halogens is 2. The standard InChI is InChI=1S/C14H20F2N2O/c15-14(16)11-6-5-7-12(10-11)18-13(19)8-3-1-2-4-9-17/h5-7,10,14H,1-4,8-9,17H2,(H,18,19). The number of alkyl halides is 2. The Kier molecular flexibility index (Phi) is 7.03. The van der Waals surface area contributed by atoms with Crippen LogP contribution in [-0.4, -0.2) is 12.5 Å². The molecule has 0 saturated carbocycles. The molecule has 0 aliphatic carbocycles. The van der Waals surface area contributed by atoms with Crippen LogP contribution >= 0.6 is 0 Å². The van der Waals surface area contributed by atoms with Crippen molar-refractivity contribution in [2.45, 2.75) is 38.5 Å². The molecule has 19 heavy (non-hydrogen) atoms. The minimum absolute atomic E-state index is 0.0826. The lowest BCUT2D eigenvalue weighted by Crippen LogP contribution is -2.11. The molecule has 0 aromatic heterocycles. The van der Waals surface area contributed by atoms with E-state index in [0.717, 1.165) is 25.7 Å². The highest BCUT2D eigenvalue weighted by Gasteiger charge is 2.08. The van der Waals surface area contributed by atoms with Gasteiger partial charge in [0.05, 0.1) is 0 Å². The van der Waals surface area contributed by atoms with E-state index in [9.17, 15) is 13.6 Å². The Morgan fingerprint density at radius 3 is 2.63 bits per heavy atom. The maximum absolute atomic E-state index is 12.5. The molecular formula is C14H20F2N2O. The summed E-state index contributed by atoms with van der Waals surface area (Å²) in [6.45, 7) is 0.673. The van der Waals surface area contributed by atoms with E-state index in [2.05, 4.69) is 5.32 Å². The fourth-order valence-electron chi connectivity index (χ4n) is 1.76. The fourth-order valence-corrected chi connectivity index (χ4v) is 1.76. The maximum Gasteiger partial charge on any atom is 0.263 e. The molecule has 0 spiro atoms. The quantitative estimate of drug-likeness (QED) is 0.711. The first-order valence-corrected chi connectivity index (χ1v) is 6.51. The lowest BCUT2D eigenvalue weighted by molar-refractivity contribution is -0.116. The van der Waals surface area contributed by atoms with Gasteiger partial charge in [-0.05, 0) is 31.5 Å². The second-order valence-electron chi connectivity index (χ2n) is 4.43. The Hall–Kier alpha value is -1.49. The molecule has 5 heteroatoms. The van der Waals surface area contributed by atoms with Gasteiger partial charge in [-0.2, -0.15) is 0 Å². The SMILES string of the molecule is NCCCCCCC(=O)Nc1cccc(C(F)F)c1. The molecule has 0 saturated heterocycles. The first kappa shape index (κ1) is 15.6. The first-order chi connectivity index (χ1) is 9.13. The summed E-state index contributed by atoms with van der Waals surface area (Å²) in [5.41, 5.74) is 5.71. The largest absolute Gasteiger partial charge is 0.330 e. The number of nitrogens with two attached hydrogens (primary N) is 1. The van der Waals surface area contributed by atoms with Gasteiger partial charge in [-0.1, -0.05) is 25.0 Å². The highest BCUT2D eigenvalue weighted by molar-refractivity contribution is 5.90. The molecule has 106 valence electrons. The molecule has 0 bridgehead atoms. The van der Waals surface area contributed by atoms with Crippen LogP contribution in [0, 0.1) is 0 Å². The van der Waals surface area contributed by atoms with Crippen LogP contribution in [0.25, 0.3) is 0 Å². The van der Waals surface area contributed by atoms with Gasteiger partial charge >= 0.3 is 0 Å². The van der Waals surface area contributed by atoms with Crippen molar-refractivity contribution >= 4 is 11.6 Å². The number of amides is 1. The van der Waals surface area contributed by atoms with E-state index in [1.165, 1.54) is 18.2 Å². The highest BCUT2D eigenvalue weighted by Crippen LogP contribution is 2.21. The highest BCUT2D eigenvalue weighted by atomic mass is 19.3. The molecule has 0 heterocycles. The number of hydrogen-bond donors (Lipinski definition) is 2. The van der Waals surface area contributed by atoms with Crippen LogP contribution in [0.1, 0.15) is 44.1 Å². The third kappa shape index (κ3) is 6.29. The molecular weight excluding hydrogens is 250 g/mol. The summed E-state index contributed by atoms with van der Waals surface area (Å²) >= 11 is 0. The van der Waals surface area contributed by atoms with Crippen molar-refractivity contribution in [1.29, 1.82) is 0 Å². The molecule has 1 rings (SSSR count). The average Bonchev–Trinajstić information content (AvgIpc) is 2.38. The second-order valence-corrected chi connectivity index (χ2v) is 4.43. The van der Waals surface area contributed by atoms with Crippen molar-refractivity contribution in [1.82, 2.24) is 0 Å². The van der Waals surface area contributed by atoms with Crippen LogP contribution in [0.4, 0.5) is 14.5 Å². The lowest BCUT2D eigenvalue weighted by atomic mass is 10.1. The van der Waals surface area contributed by atoms with Crippen LogP contribution < -0.4 is 11.1 Å². The van der Waals surface area contributed by atoms with Crippen LogP contribution in [0.15, 0.2) is 24.3 Å². The molecule has 1 aromatic rings. The number of benzene rings is 1. The van der Waals surface area contributed by atoms with Gasteiger partial charge in [0.2, 0.25) is 5.91 Å². The molecule has 0 aliphatic heterocycles. The third-order valence-corrected chi connectivity index (χ3v) is 2.78. The van der Waals surface area contributed by atoms with Gasteiger partial charge in [-0.15, -0.1) is 0 Å². The molecule has 0 aliphatic rings. The summed E-state index contributed by atoms with van der Waals surface area (Å²) in [6, 6.07) is 5.76. The van der Waals surface area contributed by atoms with Gasteiger partial charge in [0, 0.05) is 17.7 Å². The topological polar surface area (TPSA) is 55.1 Å². The number of carbonyl (C=O) groups is 1. The van der Waals surface area contributed by atoms with Crippen molar-refractivity contribution in [3.63, 3.8) is 0 Å². The zero-order valence-corrected chi connectivity index (χ0v) is 10.9. The lowest BCUT2D eigenvalue weighted by Gasteiger charge is -2.07. The van der Waals surface area contributed by atoms with E-state index < -0.39 is 6.43 Å². The van der Waals surface area contributed by atoms with Crippen molar-refractivity contribution in [2.75, 3.05) is 11.9 Å². The molecule has 3 N–H and O–H groups in total. The van der Waals surface area contributed by atoms with Gasteiger partial charge in [-0.25, -0.2) is 8.78 Å². The maximum atomic E-state index is 12.5. The number of anilines is 1. The Bertz CT molecular complexity index is 397. The first-order valence-electron chi connectivity index (χ1n) is 6.51. The number of hydrogen-bond acceptors (Lipinski definition) is 2. The van der Waals surface area contributed by atoms with Gasteiger partial charge < -0.3 is 11.1 Å². The Labute approximate surface area is 112 Å². The summed E-state index contributed by atoms with van der Waals surface area (Å²) in [4.78, 5) is 11.6. The summed E-state index contributed by atoms with van der Waals surface area (Å²) in [5.74, 6) is -0.140. The minimum Gasteiger partial charge on any atom is -0.330 e. The smallest absolute Gasteiger partial charge is 0.263 e. The molecule has 3 nitrogen and oxygen atoms in total. The van der Waals surface area contributed by atoms with E-state index >= 15 is 0 Å². The monoisotopic (exact) mass is 270 g/mol. The van der Waals surface area contributed by atoms with Crippen molar-refractivity contribution in [2.24, 2.45) is 5.73 Å². The van der Waals surface area contributed by atoms with Crippen molar-refractivity contribution < 1.29 is 13.6 Å². The third-order valence-electron chi connectivity index (χ3n) is 2.78. The number of nitrogens with one attached hydrogen (secondary N) is 1. The van der Waals surface area contributed by atoms with Crippen LogP contribution in [-0.2, 0) is 4.79 Å². The van der Waals surface area contributed by atoms with Gasteiger partial charge in [0.25, 0.3) is 6.43 Å². The number of rotatable bonds is 8. The minimum atomic E-state index is -2.52. The molecule has 0 unspecified atom stereocenters. The number of unbranched alkanes of at least 4 members (excludes halogenated alkanes) is 3. The molecule has 1 aromatic carbocycles. The van der Waals surface area contributed by atoms with E-state index in [1.54, 1.807) is 6.07 Å². The Morgan fingerprint density at radius 2 is 1.95 bits per heavy atom. The van der Waals surface area contributed by atoms with Crippen LogP contribution in [0.2, 0.25) is 0 Å². The van der Waals surface area contributed by atoms with Crippen molar-refractivity contribution in [3.8, 4) is 0 Å². The zero-order valence-electron chi connectivity index (χ0n) is 10.9. The van der Waals surface area contributed by atoms with E-state index in [4.69, 9.17) is 5.73 Å².